The lowest BCUT2D eigenvalue weighted by Crippen LogP contribution is -2.55. The fraction of sp³-hybridized carbons (Fsp3) is 0.774. The molecule has 2 N–H and O–H groups in total. The molecule has 0 aliphatic carbocycles. The van der Waals surface area contributed by atoms with E-state index in [9.17, 15) is 24.6 Å². The van der Waals surface area contributed by atoms with Gasteiger partial charge in [0, 0.05) is 30.7 Å². The van der Waals surface area contributed by atoms with E-state index in [2.05, 4.69) is 0 Å². The molecule has 2 rings (SSSR count). The van der Waals surface area contributed by atoms with Gasteiger partial charge in [-0.25, -0.2) is 0 Å². The van der Waals surface area contributed by atoms with Gasteiger partial charge >= 0.3 is 5.97 Å². The van der Waals surface area contributed by atoms with Gasteiger partial charge in [0.05, 0.1) is 18.8 Å². The molecule has 0 saturated carbocycles. The van der Waals surface area contributed by atoms with Gasteiger partial charge in [-0.1, -0.05) is 38.5 Å². The van der Waals surface area contributed by atoms with E-state index >= 15 is 0 Å². The second-order valence-corrected chi connectivity index (χ2v) is 11.9. The highest BCUT2D eigenvalue weighted by Gasteiger charge is 2.41. The summed E-state index contributed by atoms with van der Waals surface area (Å²) in [5.74, 6) is -1.74. The van der Waals surface area contributed by atoms with Crippen molar-refractivity contribution in [2.24, 2.45) is 23.7 Å². The Morgan fingerprint density at radius 2 is 1.83 bits per heavy atom. The van der Waals surface area contributed by atoms with Crippen LogP contribution in [0.4, 0.5) is 0 Å². The number of esters is 1. The van der Waals surface area contributed by atoms with Crippen LogP contribution in [0.5, 0.6) is 0 Å². The van der Waals surface area contributed by atoms with Crippen molar-refractivity contribution in [3.05, 3.63) is 23.8 Å². The van der Waals surface area contributed by atoms with E-state index in [-0.39, 0.29) is 79.4 Å². The van der Waals surface area contributed by atoms with E-state index in [0.29, 0.717) is 25.7 Å². The third-order valence-corrected chi connectivity index (χ3v) is 8.30. The van der Waals surface area contributed by atoms with Gasteiger partial charge in [-0.05, 0) is 71.5 Å². The van der Waals surface area contributed by atoms with Crippen LogP contribution in [0.15, 0.2) is 23.8 Å². The standard InChI is InChI=1S/C31H51NO8.ClH/c1-8-27-24(18-34)15-19(2)9-11-26(35)21(4)16-23(13-14-33)30(20(3)10-12-28(36)39-27)40-31-29(37)25(32(6)7)17-22(5)38-31;/h9,11,14-15,20-25,27,29-31,34,37H,8,10,12-13,16-18H2,1-7H3;1H/b11-9+,19-15+;/t20-,21+,22+,23-,24+,25-,27+,29+,30+,31-;/m0./s1. The number of nitrogens with zero attached hydrogens (tertiary/aromatic N) is 1. The molecule has 10 atom stereocenters. The zero-order valence-corrected chi connectivity index (χ0v) is 26.5. The van der Waals surface area contributed by atoms with E-state index in [4.69, 9.17) is 14.2 Å². The Labute approximate surface area is 252 Å². The van der Waals surface area contributed by atoms with E-state index in [1.54, 1.807) is 6.08 Å². The summed E-state index contributed by atoms with van der Waals surface area (Å²) in [5, 5.41) is 21.1. The number of carbonyl (C=O) groups excluding carboxylic acids is 3. The molecule has 0 radical (unpaired) electrons. The first-order valence-electron chi connectivity index (χ1n) is 14.7. The summed E-state index contributed by atoms with van der Waals surface area (Å²) in [5.41, 5.74) is 0.786. The third kappa shape index (κ3) is 11.2. The molecule has 0 aromatic rings. The number of ether oxygens (including phenoxy) is 3. The maximum atomic E-state index is 13.1. The monoisotopic (exact) mass is 601 g/mol. The fourth-order valence-corrected chi connectivity index (χ4v) is 5.84. The Morgan fingerprint density at radius 3 is 2.41 bits per heavy atom. The molecule has 2 aliphatic heterocycles. The first kappa shape index (κ1) is 37.4. The molecule has 41 heavy (non-hydrogen) atoms. The number of ketones is 1. The highest BCUT2D eigenvalue weighted by molar-refractivity contribution is 5.91. The fourth-order valence-electron chi connectivity index (χ4n) is 5.84. The van der Waals surface area contributed by atoms with Gasteiger partial charge in [-0.15, -0.1) is 12.4 Å². The molecule has 1 saturated heterocycles. The first-order valence-corrected chi connectivity index (χ1v) is 14.7. The second kappa shape index (κ2) is 18.1. The summed E-state index contributed by atoms with van der Waals surface area (Å²) in [4.78, 5) is 39.7. The van der Waals surface area contributed by atoms with Crippen LogP contribution in [0, 0.1) is 23.7 Å². The van der Waals surface area contributed by atoms with Crippen molar-refractivity contribution >= 4 is 30.4 Å². The van der Waals surface area contributed by atoms with Gasteiger partial charge in [-0.2, -0.15) is 0 Å². The van der Waals surface area contributed by atoms with Gasteiger partial charge in [0.25, 0.3) is 0 Å². The molecule has 9 nitrogen and oxygen atoms in total. The zero-order valence-electron chi connectivity index (χ0n) is 25.7. The maximum Gasteiger partial charge on any atom is 0.306 e. The Kier molecular flexibility index (Phi) is 16.5. The van der Waals surface area contributed by atoms with Crippen LogP contribution in [-0.2, 0) is 28.6 Å². The summed E-state index contributed by atoms with van der Waals surface area (Å²) < 4.78 is 18.3. The van der Waals surface area contributed by atoms with Gasteiger partial charge in [-0.3, -0.25) is 9.59 Å². The number of carbonyl (C=O) groups is 3. The van der Waals surface area contributed by atoms with Crippen LogP contribution < -0.4 is 0 Å². The number of aliphatic hydroxyl groups is 2. The number of hydrogen-bond donors (Lipinski definition) is 2. The molecule has 2 heterocycles. The van der Waals surface area contributed by atoms with Crippen molar-refractivity contribution < 1.29 is 38.8 Å². The average Bonchev–Trinajstić information content (AvgIpc) is 2.91. The molecular formula is C31H52ClNO8. The zero-order chi connectivity index (χ0) is 30.0. The van der Waals surface area contributed by atoms with Gasteiger partial charge < -0.3 is 34.1 Å². The molecule has 0 aromatic heterocycles. The number of halogens is 1. The number of likely N-dealkylation sites (N-methyl/N-ethyl adjacent to an activating group) is 1. The average molecular weight is 602 g/mol. The van der Waals surface area contributed by atoms with Crippen molar-refractivity contribution in [3.63, 3.8) is 0 Å². The molecule has 0 unspecified atom stereocenters. The number of aliphatic hydroxyl groups excluding tert-OH is 2. The lowest BCUT2D eigenvalue weighted by Gasteiger charge is -2.44. The van der Waals surface area contributed by atoms with Crippen molar-refractivity contribution in [1.29, 1.82) is 0 Å². The van der Waals surface area contributed by atoms with Crippen molar-refractivity contribution in [3.8, 4) is 0 Å². The summed E-state index contributed by atoms with van der Waals surface area (Å²) >= 11 is 0. The van der Waals surface area contributed by atoms with Crippen LogP contribution in [-0.4, -0.2) is 90.6 Å². The molecule has 2 aliphatic rings. The second-order valence-electron chi connectivity index (χ2n) is 11.9. The van der Waals surface area contributed by atoms with Crippen LogP contribution in [0.25, 0.3) is 0 Å². The van der Waals surface area contributed by atoms with Crippen LogP contribution >= 0.6 is 12.4 Å². The Bertz CT molecular complexity index is 893. The van der Waals surface area contributed by atoms with E-state index in [1.807, 2.05) is 59.7 Å². The van der Waals surface area contributed by atoms with Gasteiger partial charge in [0.2, 0.25) is 0 Å². The normalized spacial score (nSPS) is 38.3. The van der Waals surface area contributed by atoms with Crippen LogP contribution in [0.3, 0.4) is 0 Å². The summed E-state index contributed by atoms with van der Waals surface area (Å²) in [6.07, 6.45) is 5.21. The number of cyclic esters (lactones) is 1. The minimum Gasteiger partial charge on any atom is -0.462 e. The van der Waals surface area contributed by atoms with Gasteiger partial charge in [0.15, 0.2) is 12.1 Å². The lowest BCUT2D eigenvalue weighted by atomic mass is 9.80. The number of aldehydes is 1. The minimum absolute atomic E-state index is 0. The number of allylic oxidation sites excluding steroid dienone is 3. The summed E-state index contributed by atoms with van der Waals surface area (Å²) in [6, 6.07) is -0.165. The molecule has 0 aromatic carbocycles. The van der Waals surface area contributed by atoms with Crippen LogP contribution in [0.2, 0.25) is 0 Å². The predicted molar refractivity (Wildman–Crippen MR) is 160 cm³/mol. The topological polar surface area (TPSA) is 123 Å². The molecule has 0 spiro atoms. The van der Waals surface area contributed by atoms with E-state index in [0.717, 1.165) is 11.9 Å². The number of rotatable bonds is 7. The lowest BCUT2D eigenvalue weighted by molar-refractivity contribution is -0.280. The molecule has 10 heteroatoms. The third-order valence-electron chi connectivity index (χ3n) is 8.30. The molecule has 1 fully saturated rings. The maximum absolute atomic E-state index is 13.1. The first-order chi connectivity index (χ1) is 18.9. The predicted octanol–water partition coefficient (Wildman–Crippen LogP) is 3.88. The molecule has 236 valence electrons. The SMILES string of the molecule is CC[C@H]1OC(=O)CC[C@H](C)[C@@H](O[C@@H]2O[C@H](C)C[C@H](N(C)C)[C@H]2O)[C@@H](CC=O)C[C@@H](C)C(=O)/C=C/C(C)=C/[C@@H]1CO.Cl. The van der Waals surface area contributed by atoms with Crippen molar-refractivity contribution in [2.75, 3.05) is 20.7 Å². The minimum atomic E-state index is -0.913. The van der Waals surface area contributed by atoms with E-state index in [1.165, 1.54) is 6.08 Å². The molecular weight excluding hydrogens is 550 g/mol. The van der Waals surface area contributed by atoms with Crippen molar-refractivity contribution in [1.82, 2.24) is 4.90 Å². The quantitative estimate of drug-likeness (QED) is 0.330. The highest BCUT2D eigenvalue weighted by atomic mass is 35.5. The summed E-state index contributed by atoms with van der Waals surface area (Å²) in [7, 11) is 3.81. The van der Waals surface area contributed by atoms with E-state index < -0.39 is 24.6 Å². The smallest absolute Gasteiger partial charge is 0.306 e. The highest BCUT2D eigenvalue weighted by Crippen LogP contribution is 2.34. The van der Waals surface area contributed by atoms with Gasteiger partial charge in [0.1, 0.15) is 18.5 Å². The molecule has 0 amide bonds. The Hall–Kier alpha value is -1.62. The number of hydrogen-bond acceptors (Lipinski definition) is 9. The Morgan fingerprint density at radius 1 is 1.15 bits per heavy atom. The molecule has 0 bridgehead atoms. The van der Waals surface area contributed by atoms with Crippen molar-refractivity contribution in [2.45, 2.75) is 110 Å². The largest absolute Gasteiger partial charge is 0.462 e. The van der Waals surface area contributed by atoms with Crippen LogP contribution in [0.1, 0.15) is 73.1 Å². The summed E-state index contributed by atoms with van der Waals surface area (Å²) in [6.45, 7) is 9.29. The Balaban J connectivity index is 0.00000840.